The molecule has 1 aromatic carbocycles. The average Bonchev–Trinajstić information content (AvgIpc) is 3.19. The maximum atomic E-state index is 13.0. The fourth-order valence-corrected chi connectivity index (χ4v) is 3.94. The predicted octanol–water partition coefficient (Wildman–Crippen LogP) is 4.56. The number of carbonyl (C=O) groups is 1. The normalized spacial score (nSPS) is 14.9. The van der Waals surface area contributed by atoms with Crippen molar-refractivity contribution in [1.82, 2.24) is 15.0 Å². The van der Waals surface area contributed by atoms with Gasteiger partial charge in [-0.05, 0) is 42.7 Å². The highest BCUT2D eigenvalue weighted by molar-refractivity contribution is 7.13. The van der Waals surface area contributed by atoms with E-state index in [2.05, 4.69) is 29.2 Å². The second-order valence-electron chi connectivity index (χ2n) is 7.07. The van der Waals surface area contributed by atoms with Crippen molar-refractivity contribution in [2.45, 2.75) is 45.2 Å². The number of thiophene rings is 1. The number of nitrogens with zero attached hydrogens (tertiary/aromatic N) is 3. The first kappa shape index (κ1) is 17.9. The molecule has 1 saturated carbocycles. The SMILES string of the molecule is CC(C1CC1)N(Cc1ccccc1)C(=O)CCc1nc(-c2cccs2)no1. The minimum absolute atomic E-state index is 0.147. The van der Waals surface area contributed by atoms with Crippen molar-refractivity contribution in [3.63, 3.8) is 0 Å². The summed E-state index contributed by atoms with van der Waals surface area (Å²) in [5.74, 6) is 1.89. The van der Waals surface area contributed by atoms with E-state index in [1.807, 2.05) is 40.6 Å². The molecule has 4 rings (SSSR count). The van der Waals surface area contributed by atoms with Crippen LogP contribution in [0.1, 0.15) is 37.6 Å². The molecule has 140 valence electrons. The van der Waals surface area contributed by atoms with Gasteiger partial charge in [-0.2, -0.15) is 4.98 Å². The van der Waals surface area contributed by atoms with Crippen molar-refractivity contribution < 1.29 is 9.32 Å². The van der Waals surface area contributed by atoms with Crippen LogP contribution in [0, 0.1) is 5.92 Å². The van der Waals surface area contributed by atoms with Crippen LogP contribution in [0.15, 0.2) is 52.4 Å². The molecule has 3 aromatic rings. The quantitative estimate of drug-likeness (QED) is 0.574. The molecule has 6 heteroatoms. The molecule has 0 bridgehead atoms. The summed E-state index contributed by atoms with van der Waals surface area (Å²) in [6.07, 6.45) is 3.29. The van der Waals surface area contributed by atoms with Crippen LogP contribution in [0.3, 0.4) is 0 Å². The maximum Gasteiger partial charge on any atom is 0.227 e. The Labute approximate surface area is 163 Å². The molecule has 0 spiro atoms. The smallest absolute Gasteiger partial charge is 0.227 e. The lowest BCUT2D eigenvalue weighted by molar-refractivity contribution is -0.134. The van der Waals surface area contributed by atoms with Crippen LogP contribution in [0.2, 0.25) is 0 Å². The van der Waals surface area contributed by atoms with Crippen LogP contribution in [0.25, 0.3) is 10.7 Å². The van der Waals surface area contributed by atoms with E-state index in [1.165, 1.54) is 12.8 Å². The van der Waals surface area contributed by atoms with Gasteiger partial charge in [-0.3, -0.25) is 4.79 Å². The first-order valence-electron chi connectivity index (χ1n) is 9.40. The first-order chi connectivity index (χ1) is 13.2. The van der Waals surface area contributed by atoms with E-state index in [-0.39, 0.29) is 11.9 Å². The van der Waals surface area contributed by atoms with Crippen LogP contribution >= 0.6 is 11.3 Å². The second kappa shape index (κ2) is 8.05. The van der Waals surface area contributed by atoms with Crippen LogP contribution in [0.5, 0.6) is 0 Å². The van der Waals surface area contributed by atoms with Crippen molar-refractivity contribution in [1.29, 1.82) is 0 Å². The summed E-state index contributed by atoms with van der Waals surface area (Å²) in [6, 6.07) is 14.4. The van der Waals surface area contributed by atoms with E-state index < -0.39 is 0 Å². The van der Waals surface area contributed by atoms with Gasteiger partial charge in [0.15, 0.2) is 0 Å². The van der Waals surface area contributed by atoms with Gasteiger partial charge in [-0.1, -0.05) is 41.6 Å². The third kappa shape index (κ3) is 4.45. The highest BCUT2D eigenvalue weighted by atomic mass is 32.1. The number of carbonyl (C=O) groups excluding carboxylic acids is 1. The largest absolute Gasteiger partial charge is 0.339 e. The Morgan fingerprint density at radius 1 is 1.26 bits per heavy atom. The number of rotatable bonds is 8. The first-order valence-corrected chi connectivity index (χ1v) is 10.3. The van der Waals surface area contributed by atoms with E-state index in [1.54, 1.807) is 11.3 Å². The Balaban J connectivity index is 1.40. The van der Waals surface area contributed by atoms with Gasteiger partial charge in [0, 0.05) is 25.4 Å². The molecule has 1 aliphatic carbocycles. The Hall–Kier alpha value is -2.47. The summed E-state index contributed by atoms with van der Waals surface area (Å²) < 4.78 is 5.33. The van der Waals surface area contributed by atoms with E-state index in [9.17, 15) is 4.79 Å². The van der Waals surface area contributed by atoms with E-state index in [0.29, 0.717) is 37.0 Å². The Morgan fingerprint density at radius 3 is 2.78 bits per heavy atom. The molecule has 1 atom stereocenters. The van der Waals surface area contributed by atoms with Gasteiger partial charge in [0.2, 0.25) is 17.6 Å². The van der Waals surface area contributed by atoms with Crippen molar-refractivity contribution in [3.8, 4) is 10.7 Å². The Kier molecular flexibility index (Phi) is 5.34. The zero-order chi connectivity index (χ0) is 18.6. The van der Waals surface area contributed by atoms with Crippen molar-refractivity contribution in [2.24, 2.45) is 5.92 Å². The van der Waals surface area contributed by atoms with Gasteiger partial charge in [-0.25, -0.2) is 0 Å². The molecule has 0 saturated heterocycles. The summed E-state index contributed by atoms with van der Waals surface area (Å²) in [5.41, 5.74) is 1.16. The molecule has 1 fully saturated rings. The zero-order valence-electron chi connectivity index (χ0n) is 15.4. The molecular weight excluding hydrogens is 358 g/mol. The van der Waals surface area contributed by atoms with E-state index in [4.69, 9.17) is 4.52 Å². The fourth-order valence-electron chi connectivity index (χ4n) is 3.29. The van der Waals surface area contributed by atoms with Crippen molar-refractivity contribution in [2.75, 3.05) is 0 Å². The fraction of sp³-hybridized carbons (Fsp3) is 0.381. The number of amides is 1. The molecule has 2 aromatic heterocycles. The topological polar surface area (TPSA) is 59.2 Å². The number of hydrogen-bond acceptors (Lipinski definition) is 5. The second-order valence-corrected chi connectivity index (χ2v) is 8.02. The van der Waals surface area contributed by atoms with E-state index >= 15 is 0 Å². The molecule has 0 radical (unpaired) electrons. The maximum absolute atomic E-state index is 13.0. The average molecular weight is 382 g/mol. The Morgan fingerprint density at radius 2 is 2.07 bits per heavy atom. The van der Waals surface area contributed by atoms with Crippen molar-refractivity contribution >= 4 is 17.2 Å². The molecule has 2 heterocycles. The number of aromatic nitrogens is 2. The van der Waals surface area contributed by atoms with Crippen molar-refractivity contribution in [3.05, 3.63) is 59.3 Å². The molecule has 5 nitrogen and oxygen atoms in total. The van der Waals surface area contributed by atoms with Gasteiger partial charge in [0.25, 0.3) is 0 Å². The standard InChI is InChI=1S/C21H23N3O2S/c1-15(17-9-10-17)24(14-16-6-3-2-4-7-16)20(25)12-11-19-22-21(23-26-19)18-8-5-13-27-18/h2-8,13,15,17H,9-12,14H2,1H3. The number of benzene rings is 1. The molecule has 1 amide bonds. The lowest BCUT2D eigenvalue weighted by atomic mass is 10.1. The third-order valence-corrected chi connectivity index (χ3v) is 5.94. The highest BCUT2D eigenvalue weighted by Gasteiger charge is 2.34. The summed E-state index contributed by atoms with van der Waals surface area (Å²) in [5, 5.41) is 6.00. The van der Waals surface area contributed by atoms with Crippen LogP contribution < -0.4 is 0 Å². The third-order valence-electron chi connectivity index (χ3n) is 5.07. The molecular formula is C21H23N3O2S. The zero-order valence-corrected chi connectivity index (χ0v) is 16.2. The Bertz CT molecular complexity index is 872. The van der Waals surface area contributed by atoms with Crippen LogP contribution in [-0.4, -0.2) is 27.0 Å². The van der Waals surface area contributed by atoms with Crippen LogP contribution in [-0.2, 0) is 17.8 Å². The lowest BCUT2D eigenvalue weighted by Gasteiger charge is -2.29. The summed E-state index contributed by atoms with van der Waals surface area (Å²) in [6.45, 7) is 2.82. The van der Waals surface area contributed by atoms with E-state index in [0.717, 1.165) is 10.4 Å². The summed E-state index contributed by atoms with van der Waals surface area (Å²) in [4.78, 5) is 20.4. The van der Waals surface area contributed by atoms with Gasteiger partial charge in [0.1, 0.15) is 0 Å². The van der Waals surface area contributed by atoms with Crippen LogP contribution in [0.4, 0.5) is 0 Å². The number of hydrogen-bond donors (Lipinski definition) is 0. The molecule has 0 N–H and O–H groups in total. The number of aryl methyl sites for hydroxylation is 1. The predicted molar refractivity (Wildman–Crippen MR) is 105 cm³/mol. The minimum atomic E-state index is 0.147. The van der Waals surface area contributed by atoms with Gasteiger partial charge in [-0.15, -0.1) is 11.3 Å². The van der Waals surface area contributed by atoms with Gasteiger partial charge >= 0.3 is 0 Å². The van der Waals surface area contributed by atoms with Gasteiger partial charge < -0.3 is 9.42 Å². The highest BCUT2D eigenvalue weighted by Crippen LogP contribution is 2.36. The molecule has 0 aliphatic heterocycles. The summed E-state index contributed by atoms with van der Waals surface area (Å²) >= 11 is 1.57. The molecule has 1 unspecified atom stereocenters. The minimum Gasteiger partial charge on any atom is -0.339 e. The van der Waals surface area contributed by atoms with Gasteiger partial charge in [0.05, 0.1) is 4.88 Å². The monoisotopic (exact) mass is 381 g/mol. The lowest BCUT2D eigenvalue weighted by Crippen LogP contribution is -2.39. The summed E-state index contributed by atoms with van der Waals surface area (Å²) in [7, 11) is 0. The molecule has 1 aliphatic rings. The molecule has 27 heavy (non-hydrogen) atoms.